The van der Waals surface area contributed by atoms with E-state index >= 15 is 0 Å². The maximum atomic E-state index is 12.2. The molecule has 0 unspecified atom stereocenters. The van der Waals surface area contributed by atoms with Crippen molar-refractivity contribution in [2.24, 2.45) is 0 Å². The molecule has 0 aliphatic rings. The monoisotopic (exact) mass is 362 g/mol. The Labute approximate surface area is 146 Å². The van der Waals surface area contributed by atoms with Crippen LogP contribution in [0.4, 0.5) is 0 Å². The summed E-state index contributed by atoms with van der Waals surface area (Å²) in [5.74, 6) is 0. The first-order valence-electron chi connectivity index (χ1n) is 8.24. The normalized spacial score (nSPS) is 12.3. The highest BCUT2D eigenvalue weighted by Gasteiger charge is 2.23. The summed E-state index contributed by atoms with van der Waals surface area (Å²) in [6.45, 7) is 8.89. The zero-order chi connectivity index (χ0) is 17.8. The molecule has 0 saturated carbocycles. The molecule has 0 N–H and O–H groups in total. The molecule has 2 aromatic carbocycles. The Morgan fingerprint density at radius 3 is 2.25 bits per heavy atom. The molecule has 0 heterocycles. The van der Waals surface area contributed by atoms with E-state index in [0.29, 0.717) is 0 Å². The summed E-state index contributed by atoms with van der Waals surface area (Å²) in [6.07, 6.45) is 0.748. The smallest absolute Gasteiger partial charge is 0.266 e. The standard InChI is InChI=1S/C19H26O3SSi/c1-16-9-11-18(12-10-16)23(20,21)22-13-6-14-24(3,4)19-8-5-7-17(2)15-19/h5,7-12,15H,6,13-14H2,1-4H3. The number of hydrogen-bond donors (Lipinski definition) is 0. The second kappa shape index (κ2) is 7.63. The Hall–Kier alpha value is -1.43. The van der Waals surface area contributed by atoms with Crippen molar-refractivity contribution in [3.05, 3.63) is 59.7 Å². The molecule has 0 radical (unpaired) electrons. The zero-order valence-electron chi connectivity index (χ0n) is 14.9. The number of benzene rings is 2. The first-order valence-corrected chi connectivity index (χ1v) is 12.9. The Kier molecular flexibility index (Phi) is 6.01. The molecule has 0 aliphatic carbocycles. The lowest BCUT2D eigenvalue weighted by molar-refractivity contribution is 0.317. The van der Waals surface area contributed by atoms with Crippen LogP contribution >= 0.6 is 0 Å². The van der Waals surface area contributed by atoms with E-state index in [-0.39, 0.29) is 11.5 Å². The average molecular weight is 363 g/mol. The van der Waals surface area contributed by atoms with E-state index in [1.54, 1.807) is 24.3 Å². The lowest BCUT2D eigenvalue weighted by Gasteiger charge is -2.23. The summed E-state index contributed by atoms with van der Waals surface area (Å²) >= 11 is 0. The fourth-order valence-electron chi connectivity index (χ4n) is 2.67. The van der Waals surface area contributed by atoms with Gasteiger partial charge in [0.25, 0.3) is 10.1 Å². The first-order chi connectivity index (χ1) is 11.2. The van der Waals surface area contributed by atoms with E-state index in [1.807, 2.05) is 6.92 Å². The predicted octanol–water partition coefficient (Wildman–Crippen LogP) is 4.01. The van der Waals surface area contributed by atoms with Crippen molar-refractivity contribution in [2.75, 3.05) is 6.61 Å². The van der Waals surface area contributed by atoms with Gasteiger partial charge < -0.3 is 0 Å². The van der Waals surface area contributed by atoms with Gasteiger partial charge in [-0.1, -0.05) is 71.8 Å². The van der Waals surface area contributed by atoms with Gasteiger partial charge in [0.05, 0.1) is 19.6 Å². The molecule has 2 aromatic rings. The molecule has 0 fully saturated rings. The molecule has 0 saturated heterocycles. The van der Waals surface area contributed by atoms with Crippen LogP contribution in [0.1, 0.15) is 17.5 Å². The minimum absolute atomic E-state index is 0.225. The minimum atomic E-state index is -3.65. The highest BCUT2D eigenvalue weighted by atomic mass is 32.2. The molecule has 0 spiro atoms. The lowest BCUT2D eigenvalue weighted by atomic mass is 10.2. The molecule has 3 nitrogen and oxygen atoms in total. The summed E-state index contributed by atoms with van der Waals surface area (Å²) in [5, 5.41) is 1.41. The lowest BCUT2D eigenvalue weighted by Crippen LogP contribution is -2.41. The van der Waals surface area contributed by atoms with E-state index in [4.69, 9.17) is 4.18 Å². The van der Waals surface area contributed by atoms with Crippen LogP contribution in [-0.4, -0.2) is 23.1 Å². The Bertz CT molecular complexity index is 781. The fraction of sp³-hybridized carbons (Fsp3) is 0.368. The first kappa shape index (κ1) is 18.9. The third-order valence-corrected chi connectivity index (χ3v) is 9.10. The summed E-state index contributed by atoms with van der Waals surface area (Å²) in [7, 11) is -5.22. The van der Waals surface area contributed by atoms with Gasteiger partial charge in [-0.3, -0.25) is 4.18 Å². The van der Waals surface area contributed by atoms with Crippen LogP contribution in [-0.2, 0) is 14.3 Å². The number of hydrogen-bond acceptors (Lipinski definition) is 3. The van der Waals surface area contributed by atoms with Crippen molar-refractivity contribution in [1.29, 1.82) is 0 Å². The predicted molar refractivity (Wildman–Crippen MR) is 102 cm³/mol. The zero-order valence-corrected chi connectivity index (χ0v) is 16.7. The van der Waals surface area contributed by atoms with Gasteiger partial charge in [-0.05, 0) is 32.4 Å². The minimum Gasteiger partial charge on any atom is -0.266 e. The summed E-state index contributed by atoms with van der Waals surface area (Å²) in [5.41, 5.74) is 2.30. The second-order valence-corrected chi connectivity index (χ2v) is 13.4. The van der Waals surface area contributed by atoms with Crippen LogP contribution in [0.5, 0.6) is 0 Å². The maximum Gasteiger partial charge on any atom is 0.296 e. The topological polar surface area (TPSA) is 43.4 Å². The third-order valence-electron chi connectivity index (χ3n) is 4.29. The largest absolute Gasteiger partial charge is 0.296 e. The van der Waals surface area contributed by atoms with Gasteiger partial charge in [-0.25, -0.2) is 0 Å². The summed E-state index contributed by atoms with van der Waals surface area (Å²) < 4.78 is 29.5. The van der Waals surface area contributed by atoms with E-state index in [1.165, 1.54) is 10.8 Å². The van der Waals surface area contributed by atoms with Crippen LogP contribution < -0.4 is 5.19 Å². The van der Waals surface area contributed by atoms with Crippen molar-refractivity contribution in [3.8, 4) is 0 Å². The van der Waals surface area contributed by atoms with Gasteiger partial charge >= 0.3 is 0 Å². The number of rotatable bonds is 7. The van der Waals surface area contributed by atoms with Gasteiger partial charge in [-0.2, -0.15) is 8.42 Å². The average Bonchev–Trinajstić information content (AvgIpc) is 2.52. The van der Waals surface area contributed by atoms with Gasteiger partial charge in [-0.15, -0.1) is 0 Å². The van der Waals surface area contributed by atoms with E-state index in [0.717, 1.165) is 18.0 Å². The highest BCUT2D eigenvalue weighted by molar-refractivity contribution is 7.86. The molecule has 0 bridgehead atoms. The van der Waals surface area contributed by atoms with Crippen molar-refractivity contribution in [2.45, 2.75) is 44.3 Å². The molecule has 130 valence electrons. The van der Waals surface area contributed by atoms with Crippen LogP contribution in [0, 0.1) is 13.8 Å². The van der Waals surface area contributed by atoms with Crippen LogP contribution in [0.3, 0.4) is 0 Å². The van der Waals surface area contributed by atoms with Crippen LogP contribution in [0.25, 0.3) is 0 Å². The molecule has 24 heavy (non-hydrogen) atoms. The van der Waals surface area contributed by atoms with Crippen molar-refractivity contribution >= 4 is 23.4 Å². The van der Waals surface area contributed by atoms with Gasteiger partial charge in [0, 0.05) is 0 Å². The van der Waals surface area contributed by atoms with Gasteiger partial charge in [0.1, 0.15) is 0 Å². The Morgan fingerprint density at radius 2 is 1.62 bits per heavy atom. The molecule has 0 atom stereocenters. The highest BCUT2D eigenvalue weighted by Crippen LogP contribution is 2.17. The molecular weight excluding hydrogens is 336 g/mol. The maximum absolute atomic E-state index is 12.2. The molecule has 0 aromatic heterocycles. The number of aryl methyl sites for hydroxylation is 2. The molecule has 5 heteroatoms. The van der Waals surface area contributed by atoms with E-state index in [2.05, 4.69) is 44.3 Å². The van der Waals surface area contributed by atoms with Gasteiger partial charge in [0.15, 0.2) is 0 Å². The van der Waals surface area contributed by atoms with E-state index in [9.17, 15) is 8.42 Å². The summed E-state index contributed by atoms with van der Waals surface area (Å²) in [6, 6.07) is 16.4. The van der Waals surface area contributed by atoms with Crippen LogP contribution in [0.15, 0.2) is 53.4 Å². The third kappa shape index (κ3) is 5.03. The Morgan fingerprint density at radius 1 is 0.958 bits per heavy atom. The quantitative estimate of drug-likeness (QED) is 0.424. The second-order valence-electron chi connectivity index (χ2n) is 6.95. The van der Waals surface area contributed by atoms with Crippen molar-refractivity contribution in [3.63, 3.8) is 0 Å². The molecule has 0 aliphatic heterocycles. The van der Waals surface area contributed by atoms with Crippen molar-refractivity contribution < 1.29 is 12.6 Å². The van der Waals surface area contributed by atoms with Crippen molar-refractivity contribution in [1.82, 2.24) is 0 Å². The Balaban J connectivity index is 1.91. The molecule has 2 rings (SSSR count). The molecule has 0 amide bonds. The summed E-state index contributed by atoms with van der Waals surface area (Å²) in [4.78, 5) is 0.225. The van der Waals surface area contributed by atoms with Crippen LogP contribution in [0.2, 0.25) is 19.1 Å². The van der Waals surface area contributed by atoms with Gasteiger partial charge in [0.2, 0.25) is 0 Å². The fourth-order valence-corrected chi connectivity index (χ4v) is 6.09. The van der Waals surface area contributed by atoms with E-state index < -0.39 is 18.2 Å². The SMILES string of the molecule is Cc1ccc(S(=O)(=O)OCCC[Si](C)(C)c2cccc(C)c2)cc1. The molecular formula is C19H26O3SSi.